The van der Waals surface area contributed by atoms with Gasteiger partial charge in [-0.25, -0.2) is 5.43 Å². The lowest BCUT2D eigenvalue weighted by atomic mass is 10.1. The third kappa shape index (κ3) is 4.81. The Labute approximate surface area is 139 Å². The molecule has 2 aromatic carbocycles. The summed E-state index contributed by atoms with van der Waals surface area (Å²) in [6.45, 7) is 2.14. The molecule has 0 aliphatic rings. The third-order valence-electron chi connectivity index (χ3n) is 3.25. The zero-order valence-corrected chi connectivity index (χ0v) is 14.1. The summed E-state index contributed by atoms with van der Waals surface area (Å²) in [5, 5.41) is 4.34. The summed E-state index contributed by atoms with van der Waals surface area (Å²) >= 11 is 3.37. The van der Waals surface area contributed by atoms with Crippen molar-refractivity contribution in [3.63, 3.8) is 0 Å². The molecule has 0 saturated carbocycles. The molecular weight excluding hydrogens is 340 g/mol. The number of benzene rings is 2. The van der Waals surface area contributed by atoms with Crippen molar-refractivity contribution in [1.82, 2.24) is 5.43 Å². The fraction of sp³-hybridized carbons (Fsp3) is 0.222. The number of nitrogens with zero attached hydrogens (tertiary/aromatic N) is 1. The molecule has 1 N–H and O–H groups in total. The first-order valence-electron chi connectivity index (χ1n) is 7.38. The van der Waals surface area contributed by atoms with E-state index in [4.69, 9.17) is 0 Å². The standard InChI is InChI=1S/C18H19BrN2O/c1-2-3-12-17(14-8-5-4-6-9-14)20-21-18(22)15-10-7-11-16(19)13-15/h4-11,13H,2-3,12H2,1H3,(H,21,22). The number of hydrazone groups is 1. The van der Waals surface area contributed by atoms with E-state index in [-0.39, 0.29) is 5.91 Å². The molecule has 2 aromatic rings. The minimum absolute atomic E-state index is 0.203. The van der Waals surface area contributed by atoms with Crippen molar-refractivity contribution in [2.45, 2.75) is 26.2 Å². The Balaban J connectivity index is 2.14. The van der Waals surface area contributed by atoms with Crippen molar-refractivity contribution in [1.29, 1.82) is 0 Å². The Kier molecular flexibility index (Phi) is 6.34. The van der Waals surface area contributed by atoms with Crippen LogP contribution in [0.2, 0.25) is 0 Å². The van der Waals surface area contributed by atoms with E-state index in [1.807, 2.05) is 42.5 Å². The fourth-order valence-electron chi connectivity index (χ4n) is 2.05. The van der Waals surface area contributed by atoms with Gasteiger partial charge in [0.05, 0.1) is 5.71 Å². The van der Waals surface area contributed by atoms with Crippen LogP contribution in [-0.4, -0.2) is 11.6 Å². The van der Waals surface area contributed by atoms with Gasteiger partial charge >= 0.3 is 0 Å². The molecule has 114 valence electrons. The van der Waals surface area contributed by atoms with Gasteiger partial charge in [-0.1, -0.05) is 65.7 Å². The molecule has 0 radical (unpaired) electrons. The van der Waals surface area contributed by atoms with Crippen LogP contribution in [0.5, 0.6) is 0 Å². The number of unbranched alkanes of at least 4 members (excludes halogenated alkanes) is 1. The average molecular weight is 359 g/mol. The van der Waals surface area contributed by atoms with Crippen LogP contribution >= 0.6 is 15.9 Å². The van der Waals surface area contributed by atoms with Gasteiger partial charge in [0.25, 0.3) is 5.91 Å². The van der Waals surface area contributed by atoms with E-state index >= 15 is 0 Å². The maximum absolute atomic E-state index is 12.2. The molecule has 0 bridgehead atoms. The van der Waals surface area contributed by atoms with E-state index in [1.165, 1.54) is 0 Å². The van der Waals surface area contributed by atoms with Gasteiger partial charge < -0.3 is 0 Å². The number of amides is 1. The van der Waals surface area contributed by atoms with Crippen molar-refractivity contribution in [2.75, 3.05) is 0 Å². The first-order chi connectivity index (χ1) is 10.7. The summed E-state index contributed by atoms with van der Waals surface area (Å²) in [6.07, 6.45) is 2.98. The smallest absolute Gasteiger partial charge is 0.267 e. The van der Waals surface area contributed by atoms with E-state index in [2.05, 4.69) is 33.4 Å². The fourth-order valence-corrected chi connectivity index (χ4v) is 2.45. The highest BCUT2D eigenvalue weighted by Crippen LogP contribution is 2.12. The summed E-state index contributed by atoms with van der Waals surface area (Å²) in [7, 11) is 0. The molecule has 0 heterocycles. The number of hydrogen-bond acceptors (Lipinski definition) is 2. The van der Waals surface area contributed by atoms with Crippen LogP contribution < -0.4 is 5.43 Å². The predicted molar refractivity (Wildman–Crippen MR) is 94.1 cm³/mol. The molecule has 2 rings (SSSR count). The summed E-state index contributed by atoms with van der Waals surface area (Å²) < 4.78 is 0.874. The lowest BCUT2D eigenvalue weighted by Gasteiger charge is -2.07. The van der Waals surface area contributed by atoms with E-state index in [1.54, 1.807) is 12.1 Å². The second kappa shape index (κ2) is 8.49. The predicted octanol–water partition coefficient (Wildman–Crippen LogP) is 4.77. The van der Waals surface area contributed by atoms with Gasteiger partial charge in [0.2, 0.25) is 0 Å². The zero-order chi connectivity index (χ0) is 15.8. The van der Waals surface area contributed by atoms with E-state index in [9.17, 15) is 4.79 Å². The average Bonchev–Trinajstić information content (AvgIpc) is 2.55. The molecule has 0 aliphatic heterocycles. The van der Waals surface area contributed by atoms with Crippen LogP contribution in [-0.2, 0) is 0 Å². The molecule has 0 aromatic heterocycles. The third-order valence-corrected chi connectivity index (χ3v) is 3.75. The van der Waals surface area contributed by atoms with E-state index in [0.717, 1.165) is 35.0 Å². The molecule has 0 spiro atoms. The normalized spacial score (nSPS) is 11.3. The summed E-state index contributed by atoms with van der Waals surface area (Å²) in [6, 6.07) is 17.2. The van der Waals surface area contributed by atoms with E-state index in [0.29, 0.717) is 5.56 Å². The maximum Gasteiger partial charge on any atom is 0.271 e. The van der Waals surface area contributed by atoms with Crippen LogP contribution in [0.25, 0.3) is 0 Å². The molecule has 4 heteroatoms. The highest BCUT2D eigenvalue weighted by Gasteiger charge is 2.07. The van der Waals surface area contributed by atoms with Gasteiger partial charge in [0, 0.05) is 10.0 Å². The summed E-state index contributed by atoms with van der Waals surface area (Å²) in [4.78, 5) is 12.2. The Morgan fingerprint density at radius 3 is 2.50 bits per heavy atom. The summed E-state index contributed by atoms with van der Waals surface area (Å²) in [5.74, 6) is -0.203. The number of hydrogen-bond donors (Lipinski definition) is 1. The van der Waals surface area contributed by atoms with Gasteiger partial charge in [-0.3, -0.25) is 4.79 Å². The highest BCUT2D eigenvalue weighted by molar-refractivity contribution is 9.10. The van der Waals surface area contributed by atoms with Crippen molar-refractivity contribution in [2.24, 2.45) is 5.10 Å². The first-order valence-corrected chi connectivity index (χ1v) is 8.18. The molecule has 3 nitrogen and oxygen atoms in total. The Morgan fingerprint density at radius 1 is 1.09 bits per heavy atom. The highest BCUT2D eigenvalue weighted by atomic mass is 79.9. The molecule has 0 unspecified atom stereocenters. The molecule has 0 aliphatic carbocycles. The Bertz CT molecular complexity index is 653. The Morgan fingerprint density at radius 2 is 1.82 bits per heavy atom. The molecule has 0 atom stereocenters. The quantitative estimate of drug-likeness (QED) is 0.586. The molecule has 0 fully saturated rings. The van der Waals surface area contributed by atoms with Crippen molar-refractivity contribution < 1.29 is 4.79 Å². The van der Waals surface area contributed by atoms with Crippen LogP contribution in [0.3, 0.4) is 0 Å². The van der Waals surface area contributed by atoms with Gasteiger partial charge in [-0.2, -0.15) is 5.10 Å². The molecule has 0 saturated heterocycles. The lowest BCUT2D eigenvalue weighted by Crippen LogP contribution is -2.20. The van der Waals surface area contributed by atoms with Crippen molar-refractivity contribution >= 4 is 27.5 Å². The second-order valence-corrected chi connectivity index (χ2v) is 5.90. The summed E-state index contributed by atoms with van der Waals surface area (Å²) in [5.41, 5.74) is 5.20. The van der Waals surface area contributed by atoms with Gasteiger partial charge in [0.1, 0.15) is 0 Å². The number of halogens is 1. The minimum atomic E-state index is -0.203. The monoisotopic (exact) mass is 358 g/mol. The first kappa shape index (κ1) is 16.4. The van der Waals surface area contributed by atoms with Crippen molar-refractivity contribution in [3.8, 4) is 0 Å². The SMILES string of the molecule is CCCCC(=NNC(=O)c1cccc(Br)c1)c1ccccc1. The number of nitrogens with one attached hydrogen (secondary N) is 1. The van der Waals surface area contributed by atoms with Crippen molar-refractivity contribution in [3.05, 3.63) is 70.2 Å². The van der Waals surface area contributed by atoms with Crippen LogP contribution in [0.4, 0.5) is 0 Å². The van der Waals surface area contributed by atoms with Crippen LogP contribution in [0, 0.1) is 0 Å². The largest absolute Gasteiger partial charge is 0.271 e. The minimum Gasteiger partial charge on any atom is -0.267 e. The maximum atomic E-state index is 12.2. The zero-order valence-electron chi connectivity index (χ0n) is 12.6. The van der Waals surface area contributed by atoms with E-state index < -0.39 is 0 Å². The van der Waals surface area contributed by atoms with Gasteiger partial charge in [0.15, 0.2) is 0 Å². The van der Waals surface area contributed by atoms with Crippen LogP contribution in [0.15, 0.2) is 64.2 Å². The van der Waals surface area contributed by atoms with Crippen LogP contribution in [0.1, 0.15) is 42.1 Å². The number of carbonyl (C=O) groups is 1. The number of rotatable bonds is 6. The van der Waals surface area contributed by atoms with Gasteiger partial charge in [-0.15, -0.1) is 0 Å². The molecule has 1 amide bonds. The van der Waals surface area contributed by atoms with Gasteiger partial charge in [-0.05, 0) is 36.6 Å². The lowest BCUT2D eigenvalue weighted by molar-refractivity contribution is 0.0954. The number of carbonyl (C=O) groups excluding carboxylic acids is 1. The Hall–Kier alpha value is -1.94. The topological polar surface area (TPSA) is 41.5 Å². The molecular formula is C18H19BrN2O. The second-order valence-electron chi connectivity index (χ2n) is 4.98. The molecule has 22 heavy (non-hydrogen) atoms.